The molecule has 0 spiro atoms. The fourth-order valence-corrected chi connectivity index (χ4v) is 11.5. The van der Waals surface area contributed by atoms with Gasteiger partial charge in [-0.15, -0.1) is 0 Å². The molecule has 2 aromatic heterocycles. The van der Waals surface area contributed by atoms with Gasteiger partial charge in [-0.05, 0) is 220 Å². The SMILES string of the molecule is CC1=C(C)C(C)C(C)C(c2ccc3c(-c4nc(-c5c(C)c(C)c(C)c(C)c5C)nc(-c5cc6c7c(ccc6c6ccccc56)CCC=C7)n4)c4ccccc4c(-c4ccncc4)c3c2)=C1C. The molecular formula is C62H56N4. The minimum atomic E-state index is 0.370. The first-order valence-corrected chi connectivity index (χ1v) is 23.7. The van der Waals surface area contributed by atoms with Gasteiger partial charge in [0.1, 0.15) is 0 Å². The van der Waals surface area contributed by atoms with E-state index in [1.165, 1.54) is 93.9 Å². The standard InChI is InChI=1S/C62H56N4/c1-33-35(3)39(7)56(40(8)36(33)4)45-24-26-52-54(31-45)58(44-27-29-63-30-28-44)50-21-15-16-22-51(50)59(52)62-65-60(64-61(66-62)57-41(9)37(5)34(2)38(6)42(57)10)55-32-53-46-18-12-11-17-43(46)23-25-49(53)47-19-13-14-20-48(47)55/h12-16,18-32,35,39H,11,17H2,1-10H3. The normalized spacial score (nSPS) is 16.3. The third kappa shape index (κ3) is 6.32. The third-order valence-electron chi connectivity index (χ3n) is 16.1. The topological polar surface area (TPSA) is 51.6 Å². The van der Waals surface area contributed by atoms with Crippen molar-refractivity contribution in [1.82, 2.24) is 19.9 Å². The first-order valence-electron chi connectivity index (χ1n) is 23.7. The van der Waals surface area contributed by atoms with Crippen LogP contribution < -0.4 is 0 Å². The Morgan fingerprint density at radius 1 is 0.455 bits per heavy atom. The summed E-state index contributed by atoms with van der Waals surface area (Å²) in [7, 11) is 0. The molecule has 2 unspecified atom stereocenters. The fraction of sp³-hybridized carbons (Fsp3) is 0.226. The lowest BCUT2D eigenvalue weighted by molar-refractivity contribution is 0.529. The van der Waals surface area contributed by atoms with Gasteiger partial charge in [0.05, 0.1) is 0 Å². The first-order chi connectivity index (χ1) is 31.9. The number of pyridine rings is 1. The molecule has 0 N–H and O–H groups in total. The molecule has 11 rings (SSSR count). The second-order valence-electron chi connectivity index (χ2n) is 19.2. The van der Waals surface area contributed by atoms with Crippen molar-refractivity contribution in [2.75, 3.05) is 0 Å². The van der Waals surface area contributed by atoms with Gasteiger partial charge in [-0.25, -0.2) is 15.0 Å². The van der Waals surface area contributed by atoms with Gasteiger partial charge in [-0.3, -0.25) is 4.98 Å². The molecule has 2 aliphatic rings. The van der Waals surface area contributed by atoms with Gasteiger partial charge in [0.15, 0.2) is 17.5 Å². The van der Waals surface area contributed by atoms with E-state index in [9.17, 15) is 0 Å². The summed E-state index contributed by atoms with van der Waals surface area (Å²) in [6, 6.07) is 36.0. The number of aryl methyl sites for hydroxylation is 1. The van der Waals surface area contributed by atoms with Gasteiger partial charge in [0, 0.05) is 29.1 Å². The van der Waals surface area contributed by atoms with E-state index in [2.05, 4.69) is 183 Å². The summed E-state index contributed by atoms with van der Waals surface area (Å²) >= 11 is 0. The summed E-state index contributed by atoms with van der Waals surface area (Å²) in [6.07, 6.45) is 10.5. The Morgan fingerprint density at radius 2 is 1.03 bits per heavy atom. The molecule has 0 bridgehead atoms. The number of aromatic nitrogens is 4. The molecule has 0 fully saturated rings. The highest BCUT2D eigenvalue weighted by Gasteiger charge is 2.29. The lowest BCUT2D eigenvalue weighted by Crippen LogP contribution is -2.18. The van der Waals surface area contributed by atoms with E-state index in [0.717, 1.165) is 56.6 Å². The van der Waals surface area contributed by atoms with Crippen LogP contribution in [0.25, 0.3) is 100 Å². The van der Waals surface area contributed by atoms with Crippen molar-refractivity contribution in [3.8, 4) is 45.3 Å². The molecule has 0 saturated heterocycles. The molecule has 2 aliphatic carbocycles. The van der Waals surface area contributed by atoms with Crippen LogP contribution in [0.1, 0.15) is 85.5 Å². The molecule has 0 radical (unpaired) electrons. The largest absolute Gasteiger partial charge is 0.265 e. The van der Waals surface area contributed by atoms with Crippen LogP contribution in [0.15, 0.2) is 132 Å². The van der Waals surface area contributed by atoms with Crippen molar-refractivity contribution >= 4 is 54.7 Å². The zero-order valence-electron chi connectivity index (χ0n) is 39.9. The fourth-order valence-electron chi connectivity index (χ4n) is 11.5. The highest BCUT2D eigenvalue weighted by atomic mass is 15.0. The van der Waals surface area contributed by atoms with Gasteiger partial charge in [0.25, 0.3) is 0 Å². The molecule has 66 heavy (non-hydrogen) atoms. The summed E-state index contributed by atoms with van der Waals surface area (Å²) in [4.78, 5) is 21.4. The average Bonchev–Trinajstić information content (AvgIpc) is 3.35. The highest BCUT2D eigenvalue weighted by Crippen LogP contribution is 2.48. The number of benzene rings is 7. The van der Waals surface area contributed by atoms with Crippen LogP contribution in [0, 0.1) is 46.5 Å². The molecule has 9 aromatic rings. The number of nitrogens with zero attached hydrogens (tertiary/aromatic N) is 4. The summed E-state index contributed by atoms with van der Waals surface area (Å²) in [6.45, 7) is 22.9. The lowest BCUT2D eigenvalue weighted by atomic mass is 9.72. The van der Waals surface area contributed by atoms with E-state index in [4.69, 9.17) is 15.0 Å². The van der Waals surface area contributed by atoms with Gasteiger partial charge in [-0.1, -0.05) is 104 Å². The van der Waals surface area contributed by atoms with E-state index in [1.807, 2.05) is 12.4 Å². The zero-order valence-corrected chi connectivity index (χ0v) is 39.9. The Bertz CT molecular complexity index is 3610. The van der Waals surface area contributed by atoms with E-state index in [0.29, 0.717) is 29.3 Å². The van der Waals surface area contributed by atoms with Gasteiger partial charge in [-0.2, -0.15) is 0 Å². The van der Waals surface area contributed by atoms with E-state index in [1.54, 1.807) is 0 Å². The number of allylic oxidation sites excluding steroid dienone is 5. The van der Waals surface area contributed by atoms with Crippen molar-refractivity contribution in [2.24, 2.45) is 11.8 Å². The Hall–Kier alpha value is -7.04. The van der Waals surface area contributed by atoms with Gasteiger partial charge in [0.2, 0.25) is 0 Å². The second kappa shape index (κ2) is 15.8. The maximum Gasteiger partial charge on any atom is 0.165 e. The maximum absolute atomic E-state index is 5.69. The molecule has 2 atom stereocenters. The van der Waals surface area contributed by atoms with Crippen LogP contribution in [0.2, 0.25) is 0 Å². The summed E-state index contributed by atoms with van der Waals surface area (Å²) in [5.41, 5.74) is 21.3. The van der Waals surface area contributed by atoms with Crippen LogP contribution in [0.3, 0.4) is 0 Å². The van der Waals surface area contributed by atoms with E-state index < -0.39 is 0 Å². The minimum Gasteiger partial charge on any atom is -0.265 e. The predicted molar refractivity (Wildman–Crippen MR) is 280 cm³/mol. The Morgan fingerprint density at radius 3 is 1.74 bits per heavy atom. The summed E-state index contributed by atoms with van der Waals surface area (Å²) in [5.74, 6) is 2.86. The predicted octanol–water partition coefficient (Wildman–Crippen LogP) is 16.4. The number of hydrogen-bond donors (Lipinski definition) is 0. The molecule has 0 saturated carbocycles. The Kier molecular flexibility index (Phi) is 10.00. The van der Waals surface area contributed by atoms with Crippen LogP contribution >= 0.6 is 0 Å². The average molecular weight is 857 g/mol. The molecular weight excluding hydrogens is 801 g/mol. The first kappa shape index (κ1) is 41.7. The highest BCUT2D eigenvalue weighted by molar-refractivity contribution is 6.21. The van der Waals surface area contributed by atoms with Crippen molar-refractivity contribution in [3.63, 3.8) is 0 Å². The van der Waals surface area contributed by atoms with Crippen molar-refractivity contribution in [1.29, 1.82) is 0 Å². The molecule has 0 amide bonds. The third-order valence-corrected chi connectivity index (χ3v) is 16.1. The van der Waals surface area contributed by atoms with Gasteiger partial charge >= 0.3 is 0 Å². The quantitative estimate of drug-likeness (QED) is 0.128. The summed E-state index contributed by atoms with van der Waals surface area (Å²) < 4.78 is 0. The lowest BCUT2D eigenvalue weighted by Gasteiger charge is -2.33. The zero-order chi connectivity index (χ0) is 45.7. The number of hydrogen-bond acceptors (Lipinski definition) is 4. The monoisotopic (exact) mass is 856 g/mol. The van der Waals surface area contributed by atoms with Crippen LogP contribution in [-0.2, 0) is 6.42 Å². The Balaban J connectivity index is 1.28. The van der Waals surface area contributed by atoms with Crippen LogP contribution in [0.4, 0.5) is 0 Å². The molecule has 4 heteroatoms. The van der Waals surface area contributed by atoms with Crippen molar-refractivity contribution in [2.45, 2.75) is 82.1 Å². The molecule has 4 nitrogen and oxygen atoms in total. The van der Waals surface area contributed by atoms with Gasteiger partial charge < -0.3 is 0 Å². The Labute approximate surface area is 388 Å². The summed E-state index contributed by atoms with van der Waals surface area (Å²) in [5, 5.41) is 9.34. The molecule has 2 heterocycles. The maximum atomic E-state index is 5.69. The smallest absolute Gasteiger partial charge is 0.165 e. The van der Waals surface area contributed by atoms with Crippen molar-refractivity contribution < 1.29 is 0 Å². The molecule has 7 aromatic carbocycles. The van der Waals surface area contributed by atoms with Crippen LogP contribution in [-0.4, -0.2) is 19.9 Å². The second-order valence-corrected chi connectivity index (χ2v) is 19.2. The molecule has 0 aliphatic heterocycles. The number of rotatable bonds is 5. The van der Waals surface area contributed by atoms with Crippen molar-refractivity contribution in [3.05, 3.63) is 177 Å². The van der Waals surface area contributed by atoms with Crippen LogP contribution in [0.5, 0.6) is 0 Å². The van der Waals surface area contributed by atoms with E-state index >= 15 is 0 Å². The number of fused-ring (bicyclic) bond motifs is 7. The molecule has 324 valence electrons. The van der Waals surface area contributed by atoms with E-state index in [-0.39, 0.29) is 0 Å². The minimum absolute atomic E-state index is 0.370.